The number of benzene rings is 1. The van der Waals surface area contributed by atoms with Crippen molar-refractivity contribution < 1.29 is 9.53 Å². The lowest BCUT2D eigenvalue weighted by Crippen LogP contribution is -2.32. The Morgan fingerprint density at radius 1 is 1.08 bits per heavy atom. The number of rotatable bonds is 8. The van der Waals surface area contributed by atoms with Crippen molar-refractivity contribution in [2.75, 3.05) is 25.0 Å². The van der Waals surface area contributed by atoms with E-state index in [4.69, 9.17) is 4.74 Å². The fourth-order valence-electron chi connectivity index (χ4n) is 2.34. The average Bonchev–Trinajstić information content (AvgIpc) is 3.19. The summed E-state index contributed by atoms with van der Waals surface area (Å²) in [4.78, 5) is 11.8. The van der Waals surface area contributed by atoms with Crippen molar-refractivity contribution in [3.8, 4) is 11.6 Å². The van der Waals surface area contributed by atoms with E-state index in [2.05, 4.69) is 20.8 Å². The lowest BCUT2D eigenvalue weighted by molar-refractivity contribution is -0.123. The molecule has 2 N–H and O–H groups in total. The van der Waals surface area contributed by atoms with Crippen molar-refractivity contribution in [3.05, 3.63) is 66.5 Å². The summed E-state index contributed by atoms with van der Waals surface area (Å²) < 4.78 is 7.34. The number of carbonyl (C=O) groups excluding carboxylic acids is 1. The number of carbonyl (C=O) groups is 1. The van der Waals surface area contributed by atoms with E-state index >= 15 is 0 Å². The van der Waals surface area contributed by atoms with E-state index in [9.17, 15) is 4.79 Å². The molecule has 1 amide bonds. The Morgan fingerprint density at radius 2 is 1.92 bits per heavy atom. The summed E-state index contributed by atoms with van der Waals surface area (Å²) in [5.74, 6) is 1.94. The zero-order chi connectivity index (χ0) is 18.2. The predicted molar refractivity (Wildman–Crippen MR) is 99.5 cm³/mol. The summed E-state index contributed by atoms with van der Waals surface area (Å²) >= 11 is 0. The molecule has 0 atom stereocenters. The van der Waals surface area contributed by atoms with Crippen LogP contribution in [0.1, 0.15) is 5.56 Å². The zero-order valence-electron chi connectivity index (χ0n) is 14.6. The van der Waals surface area contributed by atoms with Crippen LogP contribution in [0, 0.1) is 6.92 Å². The maximum Gasteiger partial charge on any atom is 0.258 e. The van der Waals surface area contributed by atoms with Crippen molar-refractivity contribution in [1.82, 2.24) is 20.1 Å². The standard InChI is InChI=1S/C19H21N5O2/c1-15-5-4-6-16(13-15)26-14-19(25)21-10-9-20-17-7-8-18(23-22-17)24-11-2-3-12-24/h2-8,11-13H,9-10,14H2,1H3,(H,20,22)(H,21,25). The Kier molecular flexibility index (Phi) is 5.82. The smallest absolute Gasteiger partial charge is 0.258 e. The van der Waals surface area contributed by atoms with E-state index in [1.807, 2.05) is 72.4 Å². The van der Waals surface area contributed by atoms with Gasteiger partial charge in [0, 0.05) is 25.5 Å². The minimum Gasteiger partial charge on any atom is -0.484 e. The van der Waals surface area contributed by atoms with Crippen LogP contribution in [-0.4, -0.2) is 40.4 Å². The predicted octanol–water partition coefficient (Wildman–Crippen LogP) is 2.18. The highest BCUT2D eigenvalue weighted by atomic mass is 16.5. The molecule has 0 radical (unpaired) electrons. The first kappa shape index (κ1) is 17.5. The molecule has 0 saturated carbocycles. The first-order valence-electron chi connectivity index (χ1n) is 8.38. The van der Waals surface area contributed by atoms with Crippen LogP contribution in [0.2, 0.25) is 0 Å². The van der Waals surface area contributed by atoms with Crippen molar-refractivity contribution in [2.24, 2.45) is 0 Å². The number of nitrogens with zero attached hydrogens (tertiary/aromatic N) is 3. The number of aryl methyl sites for hydroxylation is 1. The molecule has 134 valence electrons. The number of nitrogens with one attached hydrogen (secondary N) is 2. The third-order valence-electron chi connectivity index (χ3n) is 3.63. The first-order valence-corrected chi connectivity index (χ1v) is 8.38. The molecule has 7 nitrogen and oxygen atoms in total. The Hall–Kier alpha value is -3.35. The summed E-state index contributed by atoms with van der Waals surface area (Å²) in [6.07, 6.45) is 3.82. The van der Waals surface area contributed by atoms with Crippen molar-refractivity contribution in [3.63, 3.8) is 0 Å². The van der Waals surface area contributed by atoms with Gasteiger partial charge in [-0.2, -0.15) is 0 Å². The molecule has 0 saturated heterocycles. The fraction of sp³-hybridized carbons (Fsp3) is 0.211. The first-order chi connectivity index (χ1) is 12.7. The summed E-state index contributed by atoms with van der Waals surface area (Å²) in [6.45, 7) is 2.99. The molecule has 0 aliphatic heterocycles. The average molecular weight is 351 g/mol. The SMILES string of the molecule is Cc1cccc(OCC(=O)NCCNc2ccc(-n3cccc3)nn2)c1. The van der Waals surface area contributed by atoms with E-state index in [0.29, 0.717) is 24.7 Å². The second kappa shape index (κ2) is 8.66. The normalized spacial score (nSPS) is 10.3. The summed E-state index contributed by atoms with van der Waals surface area (Å²) in [6, 6.07) is 15.2. The minimum absolute atomic E-state index is 0.00513. The molecule has 3 aromatic rings. The molecule has 3 rings (SSSR count). The molecule has 0 fully saturated rings. The van der Waals surface area contributed by atoms with Gasteiger partial charge in [-0.25, -0.2) is 0 Å². The van der Waals surface area contributed by atoms with Crippen molar-refractivity contribution in [2.45, 2.75) is 6.92 Å². The number of aromatic nitrogens is 3. The highest BCUT2D eigenvalue weighted by molar-refractivity contribution is 5.77. The van der Waals surface area contributed by atoms with Gasteiger partial charge in [-0.3, -0.25) is 4.79 Å². The van der Waals surface area contributed by atoms with Gasteiger partial charge in [-0.15, -0.1) is 10.2 Å². The number of ether oxygens (including phenoxy) is 1. The topological polar surface area (TPSA) is 81.1 Å². The molecule has 0 unspecified atom stereocenters. The molecule has 2 aromatic heterocycles. The quantitative estimate of drug-likeness (QED) is 0.608. The molecular weight excluding hydrogens is 330 g/mol. The van der Waals surface area contributed by atoms with Crippen LogP contribution in [0.3, 0.4) is 0 Å². The van der Waals surface area contributed by atoms with E-state index in [1.165, 1.54) is 0 Å². The van der Waals surface area contributed by atoms with Crippen LogP contribution in [0.4, 0.5) is 5.82 Å². The van der Waals surface area contributed by atoms with Gasteiger partial charge in [-0.1, -0.05) is 12.1 Å². The maximum atomic E-state index is 11.8. The zero-order valence-corrected chi connectivity index (χ0v) is 14.6. The Bertz CT molecular complexity index is 831. The second-order valence-corrected chi connectivity index (χ2v) is 5.75. The van der Waals surface area contributed by atoms with Gasteiger partial charge in [0.25, 0.3) is 5.91 Å². The Balaban J connectivity index is 1.35. The van der Waals surface area contributed by atoms with Gasteiger partial charge in [0.2, 0.25) is 0 Å². The van der Waals surface area contributed by atoms with Crippen molar-refractivity contribution >= 4 is 11.7 Å². The number of amides is 1. The molecule has 0 aliphatic rings. The molecule has 1 aromatic carbocycles. The van der Waals surface area contributed by atoms with E-state index in [-0.39, 0.29) is 12.5 Å². The lowest BCUT2D eigenvalue weighted by Gasteiger charge is -2.09. The molecule has 2 heterocycles. The van der Waals surface area contributed by atoms with Crippen LogP contribution >= 0.6 is 0 Å². The molecule has 0 spiro atoms. The highest BCUT2D eigenvalue weighted by Crippen LogP contribution is 2.11. The summed E-state index contributed by atoms with van der Waals surface area (Å²) in [7, 11) is 0. The van der Waals surface area contributed by atoms with E-state index in [0.717, 1.165) is 11.4 Å². The molecule has 0 bridgehead atoms. The van der Waals surface area contributed by atoms with Crippen LogP contribution < -0.4 is 15.4 Å². The van der Waals surface area contributed by atoms with Gasteiger partial charge in [0.1, 0.15) is 11.6 Å². The second-order valence-electron chi connectivity index (χ2n) is 5.75. The third kappa shape index (κ3) is 5.07. The maximum absolute atomic E-state index is 11.8. The Labute approximate surface area is 152 Å². The van der Waals surface area contributed by atoms with Gasteiger partial charge in [0.15, 0.2) is 12.4 Å². The third-order valence-corrected chi connectivity index (χ3v) is 3.63. The van der Waals surface area contributed by atoms with Gasteiger partial charge in [-0.05, 0) is 48.9 Å². The molecule has 7 heteroatoms. The molecule has 0 aliphatic carbocycles. The molecule has 26 heavy (non-hydrogen) atoms. The fourth-order valence-corrected chi connectivity index (χ4v) is 2.34. The summed E-state index contributed by atoms with van der Waals surface area (Å²) in [5.41, 5.74) is 1.09. The van der Waals surface area contributed by atoms with Crippen molar-refractivity contribution in [1.29, 1.82) is 0 Å². The van der Waals surface area contributed by atoms with Gasteiger partial charge >= 0.3 is 0 Å². The minimum atomic E-state index is -0.164. The van der Waals surface area contributed by atoms with Gasteiger partial charge in [0.05, 0.1) is 0 Å². The van der Waals surface area contributed by atoms with Gasteiger partial charge < -0.3 is 19.9 Å². The number of hydrogen-bond acceptors (Lipinski definition) is 5. The van der Waals surface area contributed by atoms with Crippen LogP contribution in [-0.2, 0) is 4.79 Å². The van der Waals surface area contributed by atoms with Crippen LogP contribution in [0.25, 0.3) is 5.82 Å². The largest absolute Gasteiger partial charge is 0.484 e. The lowest BCUT2D eigenvalue weighted by atomic mass is 10.2. The number of hydrogen-bond donors (Lipinski definition) is 2. The number of anilines is 1. The monoisotopic (exact) mass is 351 g/mol. The molecular formula is C19H21N5O2. The van der Waals surface area contributed by atoms with E-state index in [1.54, 1.807) is 0 Å². The van der Waals surface area contributed by atoms with Crippen LogP contribution in [0.5, 0.6) is 5.75 Å². The van der Waals surface area contributed by atoms with E-state index < -0.39 is 0 Å². The van der Waals surface area contributed by atoms with Crippen LogP contribution in [0.15, 0.2) is 60.9 Å². The Morgan fingerprint density at radius 3 is 2.65 bits per heavy atom. The highest BCUT2D eigenvalue weighted by Gasteiger charge is 2.03. The summed E-state index contributed by atoms with van der Waals surface area (Å²) in [5, 5.41) is 14.2.